The minimum absolute atomic E-state index is 0.0914. The molecule has 1 heterocycles. The number of hydrogen-bond acceptors (Lipinski definition) is 1. The van der Waals surface area contributed by atoms with E-state index in [0.29, 0.717) is 39.3 Å². The van der Waals surface area contributed by atoms with E-state index in [-0.39, 0.29) is 35.8 Å². The van der Waals surface area contributed by atoms with Crippen LogP contribution in [0.25, 0.3) is 98.7 Å². The Balaban J connectivity index is 1.16. The Labute approximate surface area is 307 Å². The molecule has 1 nitrogen and oxygen atoms in total. The Morgan fingerprint density at radius 1 is 0.353 bits per heavy atom. The van der Waals surface area contributed by atoms with Crippen molar-refractivity contribution in [3.05, 3.63) is 182 Å². The average molecular weight is 655 g/mol. The summed E-state index contributed by atoms with van der Waals surface area (Å²) in [5.74, 6) is 1.03. The second-order valence-electron chi connectivity index (χ2n) is 13.0. The fourth-order valence-corrected chi connectivity index (χ4v) is 7.84. The molecule has 0 fully saturated rings. The van der Waals surface area contributed by atoms with E-state index in [1.165, 1.54) is 0 Å². The minimum atomic E-state index is -0.447. The van der Waals surface area contributed by atoms with Crippen LogP contribution in [0.3, 0.4) is 0 Å². The van der Waals surface area contributed by atoms with Gasteiger partial charge in [0.05, 0.1) is 11.0 Å². The number of hydrogen-bond donors (Lipinski definition) is 0. The van der Waals surface area contributed by atoms with Crippen LogP contribution in [0.1, 0.15) is 11.0 Å². The second-order valence-corrected chi connectivity index (χ2v) is 13.0. The number of fused-ring (bicyclic) bond motifs is 2. The van der Waals surface area contributed by atoms with E-state index < -0.39 is 18.1 Å². The molecule has 0 amide bonds. The maximum Gasteiger partial charge on any atom is 0.135 e. The summed E-state index contributed by atoms with van der Waals surface area (Å²) >= 11 is 0. The predicted molar refractivity (Wildman–Crippen MR) is 215 cm³/mol. The topological polar surface area (TPSA) is 9.23 Å². The molecule has 0 bridgehead atoms. The zero-order valence-corrected chi connectivity index (χ0v) is 27.1. The molecule has 51 heavy (non-hydrogen) atoms. The van der Waals surface area contributed by atoms with Crippen LogP contribution in [-0.4, -0.2) is 0 Å². The van der Waals surface area contributed by atoms with Crippen molar-refractivity contribution in [1.82, 2.24) is 0 Å². The summed E-state index contributed by atoms with van der Waals surface area (Å²) < 4.78 is 77.7. The summed E-state index contributed by atoms with van der Waals surface area (Å²) in [6, 6.07) is 41.8. The molecule has 0 N–H and O–H groups in total. The Kier molecular flexibility index (Phi) is 4.57. The van der Waals surface area contributed by atoms with Gasteiger partial charge in [-0.2, -0.15) is 0 Å². The smallest absolute Gasteiger partial charge is 0.135 e. The maximum atomic E-state index is 10.00. The minimum Gasteiger partial charge on any atom is -0.456 e. The molecular formula is C50H30O. The fraction of sp³-hybridized carbons (Fsp3) is 0. The summed E-state index contributed by atoms with van der Waals surface area (Å²) in [6.07, 6.45) is 0. The first-order valence-electron chi connectivity index (χ1n) is 20.9. The van der Waals surface area contributed by atoms with E-state index in [2.05, 4.69) is 48.5 Å². The maximum absolute atomic E-state index is 10.00. The molecule has 0 spiro atoms. The Bertz CT molecular complexity index is 3410. The summed E-state index contributed by atoms with van der Waals surface area (Å²) in [7, 11) is 0. The predicted octanol–water partition coefficient (Wildman–Crippen LogP) is 14.2. The van der Waals surface area contributed by atoms with Crippen LogP contribution in [0.4, 0.5) is 0 Å². The van der Waals surface area contributed by atoms with Crippen molar-refractivity contribution in [2.45, 2.75) is 0 Å². The molecule has 11 rings (SSSR count). The van der Waals surface area contributed by atoms with Crippen molar-refractivity contribution in [1.29, 1.82) is 0 Å². The van der Waals surface area contributed by atoms with Crippen molar-refractivity contribution in [3.63, 3.8) is 0 Å². The third-order valence-corrected chi connectivity index (χ3v) is 10.2. The van der Waals surface area contributed by atoms with Gasteiger partial charge in [-0.25, -0.2) is 0 Å². The normalized spacial score (nSPS) is 14.3. The van der Waals surface area contributed by atoms with Gasteiger partial charge < -0.3 is 4.74 Å². The van der Waals surface area contributed by atoms with Crippen molar-refractivity contribution in [3.8, 4) is 67.1 Å². The van der Waals surface area contributed by atoms with Crippen LogP contribution in [0, 0.1) is 0 Å². The van der Waals surface area contributed by atoms with Crippen LogP contribution in [0.2, 0.25) is 0 Å². The molecule has 0 unspecified atom stereocenters. The van der Waals surface area contributed by atoms with Gasteiger partial charge in [0.1, 0.15) is 11.5 Å². The van der Waals surface area contributed by atoms with Crippen LogP contribution >= 0.6 is 0 Å². The molecule has 1 aliphatic heterocycles. The molecule has 236 valence electrons. The molecule has 0 saturated heterocycles. The van der Waals surface area contributed by atoms with Gasteiger partial charge in [-0.3, -0.25) is 0 Å². The van der Waals surface area contributed by atoms with Crippen LogP contribution in [0.15, 0.2) is 182 Å². The standard InChI is InChI=1S/C50H30O/c1-3-9-31(10-4-1)36-21-23-42-44-16-8-15-43-41(25-26-46(50(43)44)51-47(42)30-36)39-28-37(32-11-5-2-6-12-32)27-38(29-39)40-22-19-35-18-17-33-13-7-14-34-20-24-45(40)49(35)48(33)34/h1-30H/i1D,3D,4D,9D,10D,27D,28D,29D. The van der Waals surface area contributed by atoms with Crippen molar-refractivity contribution in [2.75, 3.05) is 0 Å². The van der Waals surface area contributed by atoms with Gasteiger partial charge in [0.2, 0.25) is 0 Å². The first-order valence-corrected chi connectivity index (χ1v) is 16.9. The zero-order valence-electron chi connectivity index (χ0n) is 35.1. The molecule has 0 atom stereocenters. The molecule has 1 heteroatoms. The highest BCUT2D eigenvalue weighted by molar-refractivity contribution is 6.25. The highest BCUT2D eigenvalue weighted by Gasteiger charge is 2.23. The van der Waals surface area contributed by atoms with Crippen molar-refractivity contribution >= 4 is 43.1 Å². The molecule has 10 aromatic rings. The highest BCUT2D eigenvalue weighted by atomic mass is 16.5. The first-order chi connectivity index (χ1) is 28.6. The third-order valence-electron chi connectivity index (χ3n) is 10.2. The molecule has 0 radical (unpaired) electrons. The van der Waals surface area contributed by atoms with Gasteiger partial charge in [-0.1, -0.05) is 145 Å². The molecule has 0 saturated carbocycles. The fourth-order valence-electron chi connectivity index (χ4n) is 7.84. The van der Waals surface area contributed by atoms with E-state index in [9.17, 15) is 4.11 Å². The summed E-state index contributed by atoms with van der Waals surface area (Å²) in [5.41, 5.74) is 5.61. The van der Waals surface area contributed by atoms with E-state index in [1.54, 1.807) is 12.1 Å². The van der Waals surface area contributed by atoms with Gasteiger partial charge in [-0.05, 0) is 124 Å². The second kappa shape index (κ2) is 10.9. The lowest BCUT2D eigenvalue weighted by Gasteiger charge is -2.23. The summed E-state index contributed by atoms with van der Waals surface area (Å²) in [6.45, 7) is 0. The molecule has 1 aliphatic rings. The van der Waals surface area contributed by atoms with Crippen LogP contribution in [0.5, 0.6) is 11.5 Å². The largest absolute Gasteiger partial charge is 0.456 e. The lowest BCUT2D eigenvalue weighted by molar-refractivity contribution is 0.487. The summed E-state index contributed by atoms with van der Waals surface area (Å²) in [5, 5.41) is 8.08. The van der Waals surface area contributed by atoms with Gasteiger partial charge in [0.15, 0.2) is 0 Å². The van der Waals surface area contributed by atoms with Gasteiger partial charge in [0.25, 0.3) is 0 Å². The Morgan fingerprint density at radius 2 is 1.00 bits per heavy atom. The Hall–Kier alpha value is -6.70. The molecule has 10 aromatic carbocycles. The number of rotatable bonds is 4. The molecular weight excluding hydrogens is 617 g/mol. The molecule has 0 aromatic heterocycles. The summed E-state index contributed by atoms with van der Waals surface area (Å²) in [4.78, 5) is 0. The van der Waals surface area contributed by atoms with E-state index in [4.69, 9.17) is 11.6 Å². The lowest BCUT2D eigenvalue weighted by atomic mass is 9.86. The monoisotopic (exact) mass is 654 g/mol. The Morgan fingerprint density at radius 3 is 1.80 bits per heavy atom. The van der Waals surface area contributed by atoms with E-state index >= 15 is 0 Å². The zero-order chi connectivity index (χ0) is 40.4. The van der Waals surface area contributed by atoms with Gasteiger partial charge in [0, 0.05) is 10.9 Å². The first kappa shape index (κ1) is 21.4. The number of ether oxygens (including phenoxy) is 1. The van der Waals surface area contributed by atoms with Crippen molar-refractivity contribution in [2.24, 2.45) is 0 Å². The van der Waals surface area contributed by atoms with E-state index in [1.807, 2.05) is 72.8 Å². The third kappa shape index (κ3) is 4.35. The number of benzene rings is 10. The quantitative estimate of drug-likeness (QED) is 0.172. The average Bonchev–Trinajstić information content (AvgIpc) is 3.25. The lowest BCUT2D eigenvalue weighted by Crippen LogP contribution is -1.98. The van der Waals surface area contributed by atoms with Crippen LogP contribution < -0.4 is 4.74 Å². The SMILES string of the molecule is [2H]c1c([2H])c([2H])c(-c2ccc3c(c2)Oc2ccc(-c4c([2H])c(-c5ccccc5)c([2H])c(-c5ccc6ccc7cccc8ccc5c6c78)c4[2H])c4cccc-3c24)c([2H])c1[2H]. The van der Waals surface area contributed by atoms with E-state index in [0.717, 1.165) is 65.3 Å². The van der Waals surface area contributed by atoms with Crippen LogP contribution in [-0.2, 0) is 0 Å². The van der Waals surface area contributed by atoms with Gasteiger partial charge in [-0.15, -0.1) is 0 Å². The molecule has 0 aliphatic carbocycles. The highest BCUT2D eigenvalue weighted by Crippen LogP contribution is 2.50. The van der Waals surface area contributed by atoms with Gasteiger partial charge >= 0.3 is 0 Å². The van der Waals surface area contributed by atoms with Crippen molar-refractivity contribution < 1.29 is 15.7 Å².